The number of nitrogens with zero attached hydrogens (tertiary/aromatic N) is 8. The van der Waals surface area contributed by atoms with Crippen molar-refractivity contribution in [2.75, 3.05) is 19.8 Å². The maximum atomic E-state index is 13.5. The van der Waals surface area contributed by atoms with Crippen molar-refractivity contribution in [3.8, 4) is 22.5 Å². The van der Waals surface area contributed by atoms with Crippen LogP contribution in [0, 0.1) is 17.8 Å². The Hall–Kier alpha value is -8.54. The van der Waals surface area contributed by atoms with Crippen molar-refractivity contribution in [1.29, 1.82) is 0 Å². The summed E-state index contributed by atoms with van der Waals surface area (Å²) in [6.07, 6.45) is 8.89. The summed E-state index contributed by atoms with van der Waals surface area (Å²) in [6.45, 7) is 15.2. The van der Waals surface area contributed by atoms with Crippen LogP contribution >= 0.6 is 34.8 Å². The number of ether oxygens (including phenoxy) is 3. The molecular formula is C69H80Cl3MnN9O14. The summed E-state index contributed by atoms with van der Waals surface area (Å²) < 4.78 is 39.0. The fourth-order valence-electron chi connectivity index (χ4n) is 11.2. The molecule has 6 heterocycles. The number of fused-ring (bicyclic) bond motifs is 3. The number of hydrogen-bond donors (Lipinski definition) is 1. The van der Waals surface area contributed by atoms with Crippen LogP contribution in [-0.4, -0.2) is 76.6 Å². The maximum absolute atomic E-state index is 13.5. The minimum absolute atomic E-state index is 0.140. The van der Waals surface area contributed by atoms with E-state index < -0.39 is 26.2 Å². The molecular weight excluding hydrogens is 1340 g/mol. The van der Waals surface area contributed by atoms with Gasteiger partial charge in [-0.15, -0.1) is 0 Å². The summed E-state index contributed by atoms with van der Waals surface area (Å²) in [4.78, 5) is 119. The number of aryl methyl sites for hydroxylation is 4. The predicted octanol–water partition coefficient (Wildman–Crippen LogP) is 10.1. The number of halogens is 3. The molecule has 1 N–H and O–H groups in total. The summed E-state index contributed by atoms with van der Waals surface area (Å²) >= 11 is 17.2. The zero-order valence-corrected chi connectivity index (χ0v) is 58.6. The topological polar surface area (TPSA) is 283 Å². The van der Waals surface area contributed by atoms with Gasteiger partial charge in [0.1, 0.15) is 0 Å². The average Bonchev–Trinajstić information content (AvgIpc) is 0.766. The van der Waals surface area contributed by atoms with E-state index in [0.717, 1.165) is 58.3 Å². The normalized spacial score (nSPS) is 11.7. The van der Waals surface area contributed by atoms with Crippen molar-refractivity contribution in [1.82, 2.24) is 42.7 Å². The molecule has 23 nitrogen and oxygen atoms in total. The first-order chi connectivity index (χ1) is 46.0. The second-order valence-corrected chi connectivity index (χ2v) is 25.5. The Kier molecular flexibility index (Phi) is 29.6. The van der Waals surface area contributed by atoms with Crippen molar-refractivity contribution in [3.05, 3.63) is 191 Å². The first-order valence-electron chi connectivity index (χ1n) is 31.3. The molecule has 96 heavy (non-hydrogen) atoms. The molecule has 5 aromatic heterocycles. The van der Waals surface area contributed by atoms with Crippen LogP contribution in [-0.2, 0) is 111 Å². The van der Waals surface area contributed by atoms with Gasteiger partial charge >= 0.3 is 39.6 Å². The summed E-state index contributed by atoms with van der Waals surface area (Å²) in [5.74, 6) is 1.31. The summed E-state index contributed by atoms with van der Waals surface area (Å²) in [6, 6.07) is 22.3. The Labute approximate surface area is 575 Å². The molecule has 0 unspecified atom stereocenters. The monoisotopic (exact) mass is 1420 g/mol. The van der Waals surface area contributed by atoms with Gasteiger partial charge in [0, 0.05) is 72.7 Å². The molecule has 0 atom stereocenters. The molecule has 9 rings (SSSR count). The van der Waals surface area contributed by atoms with Gasteiger partial charge < -0.3 is 19.5 Å². The van der Waals surface area contributed by atoms with Gasteiger partial charge in [-0.05, 0) is 134 Å². The zero-order valence-electron chi connectivity index (χ0n) is 55.2. The van der Waals surface area contributed by atoms with Crippen molar-refractivity contribution in [2.24, 2.45) is 38.9 Å². The predicted molar refractivity (Wildman–Crippen MR) is 366 cm³/mol. The van der Waals surface area contributed by atoms with Gasteiger partial charge in [-0.1, -0.05) is 113 Å². The number of carbonyl (C=O) groups excluding carboxylic acids is 3. The van der Waals surface area contributed by atoms with E-state index in [0.29, 0.717) is 142 Å². The molecule has 0 aliphatic carbocycles. The number of allylic oxidation sites excluding steroid dienone is 1. The SMILES string of the molecule is CC(C)CCC1=C(c2cccc(Cl)c2)NCc2c1c(=O)n(CCCOC=O)c(=O)n2C.CC(C)CCc1c(-c2cccc(Cl)c2)ncc2c1c(=O)n(CCCOC=O)c(=O)n2C.CC(C)CCc1c(-c2cccc(Cl)c2)ncc2c1c(=O)n(CCCOC=O)c(=O)n2C.[O]=[Mn]=[O]. The van der Waals surface area contributed by atoms with E-state index in [1.54, 1.807) is 45.7 Å². The minimum atomic E-state index is -1.44. The summed E-state index contributed by atoms with van der Waals surface area (Å²) in [5.41, 5.74) is 7.40. The Morgan fingerprint density at radius 2 is 0.875 bits per heavy atom. The first kappa shape index (κ1) is 76.5. The summed E-state index contributed by atoms with van der Waals surface area (Å²) in [7, 11) is 4.95. The fraction of sp³-hybridized carbons (Fsp3) is 0.406. The molecule has 8 aromatic rings. The van der Waals surface area contributed by atoms with Crippen LogP contribution < -0.4 is 39.1 Å². The van der Waals surface area contributed by atoms with E-state index in [-0.39, 0.29) is 61.8 Å². The third kappa shape index (κ3) is 19.4. The quantitative estimate of drug-likeness (QED) is 0.0217. The molecule has 0 radical (unpaired) electrons. The van der Waals surface area contributed by atoms with E-state index in [2.05, 4.69) is 56.8 Å². The number of aromatic nitrogens is 8. The van der Waals surface area contributed by atoms with Crippen LogP contribution in [0.2, 0.25) is 15.1 Å². The Bertz CT molecular complexity index is 4360. The molecule has 3 aromatic carbocycles. The molecule has 0 fully saturated rings. The van der Waals surface area contributed by atoms with E-state index in [4.69, 9.17) is 56.7 Å². The Morgan fingerprint density at radius 3 is 1.25 bits per heavy atom. The number of rotatable bonds is 27. The van der Waals surface area contributed by atoms with Gasteiger partial charge in [-0.25, -0.2) is 14.4 Å². The molecule has 0 saturated carbocycles. The van der Waals surface area contributed by atoms with Crippen LogP contribution in [0.1, 0.15) is 114 Å². The molecule has 513 valence electrons. The van der Waals surface area contributed by atoms with E-state index in [1.165, 1.54) is 27.4 Å². The molecule has 0 bridgehead atoms. The summed E-state index contributed by atoms with van der Waals surface area (Å²) in [5, 5.41) is 6.19. The number of benzene rings is 3. The van der Waals surface area contributed by atoms with Crippen LogP contribution in [0.25, 0.3) is 55.6 Å². The van der Waals surface area contributed by atoms with Crippen molar-refractivity contribution < 1.29 is 51.1 Å². The number of hydrogen-bond acceptors (Lipinski definition) is 17. The van der Waals surface area contributed by atoms with E-state index >= 15 is 0 Å². The van der Waals surface area contributed by atoms with Crippen molar-refractivity contribution in [3.63, 3.8) is 0 Å². The zero-order chi connectivity index (χ0) is 70.3. The molecule has 0 spiro atoms. The Balaban J connectivity index is 0.000000223. The number of nitrogens with one attached hydrogen (secondary N) is 1. The van der Waals surface area contributed by atoms with Crippen molar-refractivity contribution in [2.45, 2.75) is 126 Å². The van der Waals surface area contributed by atoms with Crippen LogP contribution in [0.4, 0.5) is 0 Å². The van der Waals surface area contributed by atoms with Gasteiger partial charge in [0.05, 0.1) is 83.2 Å². The van der Waals surface area contributed by atoms with E-state index in [9.17, 15) is 43.2 Å². The molecule has 1 aliphatic heterocycles. The van der Waals surface area contributed by atoms with Crippen LogP contribution in [0.3, 0.4) is 0 Å². The number of carbonyl (C=O) groups is 3. The van der Waals surface area contributed by atoms with Gasteiger partial charge in [-0.3, -0.25) is 66.1 Å². The average molecular weight is 1420 g/mol. The van der Waals surface area contributed by atoms with E-state index in [1.807, 2.05) is 60.7 Å². The second-order valence-electron chi connectivity index (χ2n) is 24.0. The van der Waals surface area contributed by atoms with Crippen molar-refractivity contribution >= 4 is 87.3 Å². The standard InChI is InChI=1S/C23H28ClN3O4.2C23H26ClN3O4.Mn.2O/c3*1-15(2)8-9-18-20-19(13-25-21(18)16-6-4-7-17(24)12-16)26(3)23(30)27(22(20)29)10-5-11-31-14-28;;;/h4,6-7,12,14-15,25H,5,8-11,13H2,1-3H3;2*4,6-7,12-15H,5,8-11H2,1-3H3;;;. The molecule has 0 amide bonds. The van der Waals surface area contributed by atoms with Gasteiger partial charge in [-0.2, -0.15) is 0 Å². The van der Waals surface area contributed by atoms with Gasteiger partial charge in [0.2, 0.25) is 0 Å². The van der Waals surface area contributed by atoms with Gasteiger partial charge in [0.15, 0.2) is 0 Å². The Morgan fingerprint density at radius 1 is 0.521 bits per heavy atom. The third-order valence-electron chi connectivity index (χ3n) is 16.1. The third-order valence-corrected chi connectivity index (χ3v) is 16.8. The second kappa shape index (κ2) is 37.1. The molecule has 27 heteroatoms. The van der Waals surface area contributed by atoms with Crippen LogP contribution in [0.15, 0.2) is 114 Å². The number of pyridine rings is 2. The molecule has 0 saturated heterocycles. The fourth-order valence-corrected chi connectivity index (χ4v) is 11.8. The van der Waals surface area contributed by atoms with Gasteiger partial charge in [0.25, 0.3) is 36.1 Å². The first-order valence-corrected chi connectivity index (χ1v) is 33.4. The van der Waals surface area contributed by atoms with Crippen LogP contribution in [0.5, 0.6) is 0 Å². The molecule has 1 aliphatic rings.